The maximum atomic E-state index is 12.7. The van der Waals surface area contributed by atoms with E-state index in [4.69, 9.17) is 10.5 Å². The van der Waals surface area contributed by atoms with Crippen LogP contribution < -0.4 is 11.1 Å². The minimum absolute atomic E-state index is 0. The number of carbonyl (C=O) groups excluding carboxylic acids is 2. The second-order valence-electron chi connectivity index (χ2n) is 7.94. The molecule has 3 N–H and O–H groups in total. The number of carbonyl (C=O) groups is 2. The number of hydrogen-bond acceptors (Lipinski definition) is 5. The molecule has 0 spiro atoms. The molecule has 0 radical (unpaired) electrons. The third-order valence-corrected chi connectivity index (χ3v) is 6.18. The number of likely N-dealkylation sites (tertiary alicyclic amines) is 1. The largest absolute Gasteiger partial charge is 0.379 e. The summed E-state index contributed by atoms with van der Waals surface area (Å²) in [5.74, 6) is 0.366. The van der Waals surface area contributed by atoms with Gasteiger partial charge in [-0.3, -0.25) is 14.5 Å². The maximum Gasteiger partial charge on any atom is 0.225 e. The summed E-state index contributed by atoms with van der Waals surface area (Å²) in [6.07, 6.45) is 6.38. The van der Waals surface area contributed by atoms with Crippen LogP contribution in [-0.4, -0.2) is 80.1 Å². The maximum absolute atomic E-state index is 12.7. The van der Waals surface area contributed by atoms with E-state index in [1.807, 2.05) is 4.90 Å². The van der Waals surface area contributed by atoms with Gasteiger partial charge in [0.05, 0.1) is 19.1 Å². The van der Waals surface area contributed by atoms with Gasteiger partial charge in [-0.1, -0.05) is 19.3 Å². The number of amides is 2. The van der Waals surface area contributed by atoms with Gasteiger partial charge in [0.1, 0.15) is 0 Å². The van der Waals surface area contributed by atoms with Crippen molar-refractivity contribution >= 4 is 36.6 Å². The molecule has 28 heavy (non-hydrogen) atoms. The van der Waals surface area contributed by atoms with Crippen LogP contribution in [0.3, 0.4) is 0 Å². The molecule has 2 atom stereocenters. The van der Waals surface area contributed by atoms with Crippen LogP contribution in [0.4, 0.5) is 0 Å². The van der Waals surface area contributed by atoms with E-state index < -0.39 is 0 Å². The van der Waals surface area contributed by atoms with E-state index in [9.17, 15) is 9.59 Å². The van der Waals surface area contributed by atoms with Crippen molar-refractivity contribution in [3.05, 3.63) is 0 Å². The van der Waals surface area contributed by atoms with Gasteiger partial charge in [-0.2, -0.15) is 0 Å². The second-order valence-corrected chi connectivity index (χ2v) is 7.94. The lowest BCUT2D eigenvalue weighted by Gasteiger charge is -2.31. The fourth-order valence-electron chi connectivity index (χ4n) is 4.46. The van der Waals surface area contributed by atoms with Crippen LogP contribution in [0.2, 0.25) is 0 Å². The summed E-state index contributed by atoms with van der Waals surface area (Å²) in [7, 11) is 0. The summed E-state index contributed by atoms with van der Waals surface area (Å²) in [4.78, 5) is 29.1. The van der Waals surface area contributed by atoms with E-state index in [2.05, 4.69) is 10.2 Å². The number of rotatable bonds is 7. The molecule has 3 fully saturated rings. The van der Waals surface area contributed by atoms with Crippen molar-refractivity contribution in [2.24, 2.45) is 17.6 Å². The van der Waals surface area contributed by atoms with Crippen molar-refractivity contribution < 1.29 is 14.3 Å². The van der Waals surface area contributed by atoms with Crippen LogP contribution in [-0.2, 0) is 14.3 Å². The average molecular weight is 439 g/mol. The summed E-state index contributed by atoms with van der Waals surface area (Å²) in [6, 6.07) is 0.0558. The summed E-state index contributed by atoms with van der Waals surface area (Å²) in [5.41, 5.74) is 5.93. The van der Waals surface area contributed by atoms with E-state index in [0.29, 0.717) is 32.0 Å². The Bertz CT molecular complexity index is 486. The molecule has 0 aromatic rings. The summed E-state index contributed by atoms with van der Waals surface area (Å²) >= 11 is 0. The average Bonchev–Trinajstić information content (AvgIpc) is 3.06. The van der Waals surface area contributed by atoms with Gasteiger partial charge in [0.15, 0.2) is 0 Å². The highest BCUT2D eigenvalue weighted by Crippen LogP contribution is 2.27. The van der Waals surface area contributed by atoms with E-state index in [1.165, 1.54) is 19.3 Å². The molecular formula is C19H36Cl2N4O3. The number of halogens is 2. The smallest absolute Gasteiger partial charge is 0.225 e. The highest BCUT2D eigenvalue weighted by Gasteiger charge is 2.36. The van der Waals surface area contributed by atoms with Gasteiger partial charge >= 0.3 is 0 Å². The Morgan fingerprint density at radius 1 is 1.14 bits per heavy atom. The Balaban J connectivity index is 0.00000196. The lowest BCUT2D eigenvalue weighted by Crippen LogP contribution is -2.48. The van der Waals surface area contributed by atoms with Gasteiger partial charge in [0.25, 0.3) is 0 Å². The van der Waals surface area contributed by atoms with Crippen LogP contribution in [0, 0.1) is 11.8 Å². The molecule has 3 rings (SSSR count). The molecule has 7 nitrogen and oxygen atoms in total. The van der Waals surface area contributed by atoms with E-state index in [1.54, 1.807) is 0 Å². The molecular weight excluding hydrogens is 403 g/mol. The molecule has 1 saturated carbocycles. The number of hydrogen-bond donors (Lipinski definition) is 2. The monoisotopic (exact) mass is 438 g/mol. The Labute approximate surface area is 180 Å². The van der Waals surface area contributed by atoms with Crippen LogP contribution in [0.15, 0.2) is 0 Å². The van der Waals surface area contributed by atoms with Crippen LogP contribution >= 0.6 is 24.8 Å². The Morgan fingerprint density at radius 3 is 2.46 bits per heavy atom. The molecule has 164 valence electrons. The predicted molar refractivity (Wildman–Crippen MR) is 114 cm³/mol. The first-order valence-electron chi connectivity index (χ1n) is 10.3. The number of nitrogens with two attached hydrogens (primary N) is 1. The normalized spacial score (nSPS) is 25.0. The zero-order chi connectivity index (χ0) is 18.4. The third kappa shape index (κ3) is 7.02. The van der Waals surface area contributed by atoms with Gasteiger partial charge in [0.2, 0.25) is 11.8 Å². The topological polar surface area (TPSA) is 87.9 Å². The van der Waals surface area contributed by atoms with Crippen molar-refractivity contribution in [1.82, 2.24) is 15.1 Å². The molecule has 3 aliphatic rings. The highest BCUT2D eigenvalue weighted by atomic mass is 35.5. The van der Waals surface area contributed by atoms with Gasteiger partial charge in [0, 0.05) is 51.7 Å². The fourth-order valence-corrected chi connectivity index (χ4v) is 4.46. The van der Waals surface area contributed by atoms with Gasteiger partial charge < -0.3 is 20.7 Å². The molecule has 2 heterocycles. The van der Waals surface area contributed by atoms with Crippen molar-refractivity contribution in [2.45, 2.75) is 44.6 Å². The molecule has 0 bridgehead atoms. The quantitative estimate of drug-likeness (QED) is 0.619. The predicted octanol–water partition coefficient (Wildman–Crippen LogP) is 1.03. The number of ether oxygens (including phenoxy) is 1. The van der Waals surface area contributed by atoms with Gasteiger partial charge in [-0.15, -0.1) is 24.8 Å². The van der Waals surface area contributed by atoms with Crippen molar-refractivity contribution in [2.75, 3.05) is 52.5 Å². The van der Waals surface area contributed by atoms with Crippen molar-refractivity contribution in [3.63, 3.8) is 0 Å². The lowest BCUT2D eigenvalue weighted by molar-refractivity contribution is -0.129. The first-order valence-corrected chi connectivity index (χ1v) is 10.3. The molecule has 2 amide bonds. The van der Waals surface area contributed by atoms with Crippen LogP contribution in [0.1, 0.15) is 38.5 Å². The van der Waals surface area contributed by atoms with Crippen LogP contribution in [0.5, 0.6) is 0 Å². The molecule has 9 heteroatoms. The van der Waals surface area contributed by atoms with Crippen molar-refractivity contribution in [1.29, 1.82) is 0 Å². The standard InChI is InChI=1S/C19H34N4O3.2ClH/c20-13-17(15-4-2-1-3-5-15)21-19(25)16-12-18(24)23(14-16)7-6-22-8-10-26-11-9-22;;/h15-17H,1-14,20H2,(H,21,25);2*1H. The summed E-state index contributed by atoms with van der Waals surface area (Å²) < 4.78 is 5.35. The molecule has 1 aliphatic carbocycles. The third-order valence-electron chi connectivity index (χ3n) is 6.18. The highest BCUT2D eigenvalue weighted by molar-refractivity contribution is 5.89. The Morgan fingerprint density at radius 2 is 1.82 bits per heavy atom. The van der Waals surface area contributed by atoms with E-state index in [-0.39, 0.29) is 48.6 Å². The minimum atomic E-state index is -0.232. The first kappa shape index (κ1) is 25.4. The lowest BCUT2D eigenvalue weighted by atomic mass is 9.83. The van der Waals surface area contributed by atoms with Gasteiger partial charge in [-0.25, -0.2) is 0 Å². The minimum Gasteiger partial charge on any atom is -0.379 e. The van der Waals surface area contributed by atoms with Crippen molar-refractivity contribution in [3.8, 4) is 0 Å². The zero-order valence-electron chi connectivity index (χ0n) is 16.6. The molecule has 0 aromatic heterocycles. The van der Waals surface area contributed by atoms with Gasteiger partial charge in [-0.05, 0) is 18.8 Å². The SMILES string of the molecule is Cl.Cl.NCC(NC(=O)C1CC(=O)N(CCN2CCOCC2)C1)C1CCCCC1. The number of nitrogens with one attached hydrogen (secondary N) is 1. The molecule has 0 aromatic carbocycles. The Kier molecular flexibility index (Phi) is 11.7. The zero-order valence-corrected chi connectivity index (χ0v) is 18.3. The fraction of sp³-hybridized carbons (Fsp3) is 0.895. The van der Waals surface area contributed by atoms with E-state index in [0.717, 1.165) is 45.7 Å². The first-order chi connectivity index (χ1) is 12.7. The summed E-state index contributed by atoms with van der Waals surface area (Å²) in [6.45, 7) is 5.95. The number of morpholine rings is 1. The molecule has 2 saturated heterocycles. The Hall–Kier alpha value is -0.600. The number of nitrogens with zero attached hydrogens (tertiary/aromatic N) is 2. The van der Waals surface area contributed by atoms with Crippen LogP contribution in [0.25, 0.3) is 0 Å². The molecule has 2 aliphatic heterocycles. The second kappa shape index (κ2) is 12.9. The van der Waals surface area contributed by atoms with E-state index >= 15 is 0 Å². The summed E-state index contributed by atoms with van der Waals surface area (Å²) in [5, 5.41) is 3.16. The molecule has 2 unspecified atom stereocenters.